The lowest BCUT2D eigenvalue weighted by molar-refractivity contribution is -0.143. The number of rotatable bonds is 6. The van der Waals surface area contributed by atoms with Crippen molar-refractivity contribution in [1.29, 1.82) is 0 Å². The van der Waals surface area contributed by atoms with Crippen LogP contribution in [0, 0.1) is 19.7 Å². The van der Waals surface area contributed by atoms with Crippen molar-refractivity contribution in [2.45, 2.75) is 26.6 Å². The van der Waals surface area contributed by atoms with Gasteiger partial charge in [0.25, 0.3) is 5.91 Å². The second-order valence-electron chi connectivity index (χ2n) is 7.73. The summed E-state index contributed by atoms with van der Waals surface area (Å²) < 4.78 is 60.6. The van der Waals surface area contributed by atoms with E-state index in [-0.39, 0.29) is 12.2 Å². The molecule has 7 nitrogen and oxygen atoms in total. The van der Waals surface area contributed by atoms with E-state index in [0.29, 0.717) is 21.9 Å². The van der Waals surface area contributed by atoms with Crippen molar-refractivity contribution in [3.05, 3.63) is 94.7 Å². The van der Waals surface area contributed by atoms with Gasteiger partial charge in [0.1, 0.15) is 11.6 Å². The molecule has 0 saturated carbocycles. The predicted molar refractivity (Wildman–Crippen MR) is 118 cm³/mol. The van der Waals surface area contributed by atoms with Crippen LogP contribution in [0.5, 0.6) is 11.6 Å². The van der Waals surface area contributed by atoms with E-state index < -0.39 is 29.3 Å². The standard InChI is InChI=1S/C24H19F4N5O2/c1-14-3-4-15(2)19(11-14)35-20-10-5-16(12-29-20)13-30-23(34)21-22(24(26,27)28)33(32-31-21)18-8-6-17(25)7-9-18/h3-12H,13H2,1-2H3,(H,30,34). The highest BCUT2D eigenvalue weighted by Crippen LogP contribution is 2.33. The molecule has 180 valence electrons. The van der Waals surface area contributed by atoms with Crippen molar-refractivity contribution in [1.82, 2.24) is 25.3 Å². The maximum Gasteiger partial charge on any atom is 0.435 e. The van der Waals surface area contributed by atoms with Crippen LogP contribution in [0.15, 0.2) is 60.8 Å². The van der Waals surface area contributed by atoms with Crippen LogP contribution in [0.2, 0.25) is 0 Å². The number of hydrogen-bond donors (Lipinski definition) is 1. The van der Waals surface area contributed by atoms with Gasteiger partial charge in [-0.25, -0.2) is 14.1 Å². The second kappa shape index (κ2) is 9.53. The lowest BCUT2D eigenvalue weighted by Crippen LogP contribution is -2.27. The zero-order valence-electron chi connectivity index (χ0n) is 18.6. The highest BCUT2D eigenvalue weighted by molar-refractivity contribution is 5.93. The molecule has 2 aromatic heterocycles. The number of ether oxygens (including phenoxy) is 1. The number of amides is 1. The predicted octanol–water partition coefficient (Wildman–Crippen LogP) is 5.16. The number of aryl methyl sites for hydroxylation is 2. The van der Waals surface area contributed by atoms with E-state index in [1.54, 1.807) is 12.1 Å². The highest BCUT2D eigenvalue weighted by Gasteiger charge is 2.42. The van der Waals surface area contributed by atoms with Gasteiger partial charge in [-0.15, -0.1) is 5.10 Å². The lowest BCUT2D eigenvalue weighted by atomic mass is 10.1. The monoisotopic (exact) mass is 485 g/mol. The van der Waals surface area contributed by atoms with E-state index in [1.807, 2.05) is 32.0 Å². The Hall–Kier alpha value is -4.28. The van der Waals surface area contributed by atoms with Crippen LogP contribution in [-0.4, -0.2) is 25.9 Å². The summed E-state index contributed by atoms with van der Waals surface area (Å²) in [5.74, 6) is -0.710. The molecule has 4 aromatic rings. The topological polar surface area (TPSA) is 81.9 Å². The maximum absolute atomic E-state index is 13.7. The molecule has 0 saturated heterocycles. The van der Waals surface area contributed by atoms with Gasteiger partial charge in [0.15, 0.2) is 11.4 Å². The van der Waals surface area contributed by atoms with Gasteiger partial charge in [-0.1, -0.05) is 23.4 Å². The van der Waals surface area contributed by atoms with Crippen LogP contribution in [0.3, 0.4) is 0 Å². The first-order chi connectivity index (χ1) is 16.6. The minimum atomic E-state index is -4.93. The van der Waals surface area contributed by atoms with Gasteiger partial charge in [-0.2, -0.15) is 13.2 Å². The third-order valence-corrected chi connectivity index (χ3v) is 5.03. The van der Waals surface area contributed by atoms with Gasteiger partial charge in [0, 0.05) is 18.8 Å². The van der Waals surface area contributed by atoms with Crippen molar-refractivity contribution >= 4 is 5.91 Å². The molecule has 4 rings (SSSR count). The minimum Gasteiger partial charge on any atom is -0.439 e. The molecule has 0 bridgehead atoms. The molecular formula is C24H19F4N5O2. The summed E-state index contributed by atoms with van der Waals surface area (Å²) in [6.07, 6.45) is -3.49. The molecule has 1 amide bonds. The first-order valence-electron chi connectivity index (χ1n) is 10.4. The lowest BCUT2D eigenvalue weighted by Gasteiger charge is -2.11. The largest absolute Gasteiger partial charge is 0.439 e. The number of carbonyl (C=O) groups is 1. The number of nitrogens with zero attached hydrogens (tertiary/aromatic N) is 4. The molecular weight excluding hydrogens is 466 g/mol. The van der Waals surface area contributed by atoms with Gasteiger partial charge in [0.2, 0.25) is 5.88 Å². The molecule has 0 radical (unpaired) electrons. The molecule has 0 fully saturated rings. The van der Waals surface area contributed by atoms with Crippen molar-refractivity contribution in [2.24, 2.45) is 0 Å². The Balaban J connectivity index is 1.47. The van der Waals surface area contributed by atoms with Crippen molar-refractivity contribution in [2.75, 3.05) is 0 Å². The minimum absolute atomic E-state index is 0.0890. The van der Waals surface area contributed by atoms with Gasteiger partial charge >= 0.3 is 6.18 Å². The molecule has 0 unspecified atom stereocenters. The number of nitrogens with one attached hydrogen (secondary N) is 1. The van der Waals surface area contributed by atoms with Crippen molar-refractivity contribution < 1.29 is 27.1 Å². The molecule has 11 heteroatoms. The quantitative estimate of drug-likeness (QED) is 0.382. The summed E-state index contributed by atoms with van der Waals surface area (Å²) in [5, 5.41) is 9.27. The maximum atomic E-state index is 13.7. The van der Waals surface area contributed by atoms with Crippen LogP contribution in [0.25, 0.3) is 5.69 Å². The molecule has 0 spiro atoms. The number of aromatic nitrogens is 4. The van der Waals surface area contributed by atoms with Gasteiger partial charge in [-0.05, 0) is 60.9 Å². The van der Waals surface area contributed by atoms with Gasteiger partial charge in [0.05, 0.1) is 5.69 Å². The average molecular weight is 485 g/mol. The van der Waals surface area contributed by atoms with E-state index in [0.717, 1.165) is 35.4 Å². The molecule has 0 aliphatic heterocycles. The SMILES string of the molecule is Cc1ccc(C)c(Oc2ccc(CNC(=O)c3nnn(-c4ccc(F)cc4)c3C(F)(F)F)cn2)c1. The molecule has 0 atom stereocenters. The first-order valence-corrected chi connectivity index (χ1v) is 10.4. The molecule has 2 heterocycles. The van der Waals surface area contributed by atoms with E-state index in [4.69, 9.17) is 4.74 Å². The van der Waals surface area contributed by atoms with Crippen LogP contribution in [0.1, 0.15) is 32.9 Å². The van der Waals surface area contributed by atoms with Crippen LogP contribution >= 0.6 is 0 Å². The fourth-order valence-electron chi connectivity index (χ4n) is 3.22. The number of benzene rings is 2. The number of carbonyl (C=O) groups excluding carboxylic acids is 1. The van der Waals surface area contributed by atoms with E-state index in [1.165, 1.54) is 6.20 Å². The Morgan fingerprint density at radius 2 is 1.80 bits per heavy atom. The fraction of sp³-hybridized carbons (Fsp3) is 0.167. The summed E-state index contributed by atoms with van der Waals surface area (Å²) in [6, 6.07) is 13.2. The van der Waals surface area contributed by atoms with Gasteiger partial charge in [-0.3, -0.25) is 4.79 Å². The second-order valence-corrected chi connectivity index (χ2v) is 7.73. The zero-order valence-corrected chi connectivity index (χ0v) is 18.6. The summed E-state index contributed by atoms with van der Waals surface area (Å²) >= 11 is 0. The van der Waals surface area contributed by atoms with E-state index in [9.17, 15) is 22.4 Å². The Morgan fingerprint density at radius 1 is 1.06 bits per heavy atom. The van der Waals surface area contributed by atoms with E-state index >= 15 is 0 Å². The number of alkyl halides is 3. The smallest absolute Gasteiger partial charge is 0.435 e. The van der Waals surface area contributed by atoms with Crippen molar-refractivity contribution in [3.8, 4) is 17.3 Å². The van der Waals surface area contributed by atoms with E-state index in [2.05, 4.69) is 20.6 Å². The van der Waals surface area contributed by atoms with Crippen molar-refractivity contribution in [3.63, 3.8) is 0 Å². The fourth-order valence-corrected chi connectivity index (χ4v) is 3.22. The Bertz CT molecular complexity index is 1350. The normalized spacial score (nSPS) is 11.4. The Morgan fingerprint density at radius 3 is 2.46 bits per heavy atom. The Kier molecular flexibility index (Phi) is 6.50. The molecule has 2 aromatic carbocycles. The highest BCUT2D eigenvalue weighted by atomic mass is 19.4. The summed E-state index contributed by atoms with van der Waals surface area (Å²) in [7, 11) is 0. The third kappa shape index (κ3) is 5.45. The summed E-state index contributed by atoms with van der Waals surface area (Å²) in [6.45, 7) is 3.74. The summed E-state index contributed by atoms with van der Waals surface area (Å²) in [5.41, 5.74) is 0.143. The number of hydrogen-bond acceptors (Lipinski definition) is 5. The molecule has 0 aliphatic carbocycles. The number of pyridine rings is 1. The van der Waals surface area contributed by atoms with Crippen LogP contribution in [-0.2, 0) is 12.7 Å². The third-order valence-electron chi connectivity index (χ3n) is 5.03. The average Bonchev–Trinajstić information content (AvgIpc) is 3.27. The van der Waals surface area contributed by atoms with Crippen LogP contribution in [0.4, 0.5) is 17.6 Å². The van der Waals surface area contributed by atoms with Crippen LogP contribution < -0.4 is 10.1 Å². The molecule has 0 aliphatic rings. The zero-order chi connectivity index (χ0) is 25.2. The molecule has 1 N–H and O–H groups in total. The molecule has 35 heavy (non-hydrogen) atoms. The summed E-state index contributed by atoms with van der Waals surface area (Å²) in [4.78, 5) is 16.7. The first kappa shape index (κ1) is 23.9. The number of halogens is 4. The van der Waals surface area contributed by atoms with Gasteiger partial charge < -0.3 is 10.1 Å². The Labute approximate surface area is 197 Å².